The van der Waals surface area contributed by atoms with E-state index < -0.39 is 5.54 Å². The van der Waals surface area contributed by atoms with Crippen molar-refractivity contribution in [2.75, 3.05) is 0 Å². The molecule has 132 valence electrons. The number of rotatable bonds is 2. The van der Waals surface area contributed by atoms with Gasteiger partial charge in [-0.05, 0) is 45.7 Å². The van der Waals surface area contributed by atoms with Crippen molar-refractivity contribution in [2.24, 2.45) is 5.92 Å². The number of hydrogen-bond acceptors (Lipinski definition) is 2. The van der Waals surface area contributed by atoms with Crippen molar-refractivity contribution in [2.45, 2.75) is 71.3 Å². The number of hydrogen-bond donors (Lipinski definition) is 1. The van der Waals surface area contributed by atoms with Crippen LogP contribution in [-0.2, 0) is 4.79 Å². The zero-order chi connectivity index (χ0) is 17.6. The first-order valence-electron chi connectivity index (χ1n) is 9.09. The number of nitrogens with zero attached hydrogens (tertiary/aromatic N) is 1. The Morgan fingerprint density at radius 2 is 1.50 bits per heavy atom. The van der Waals surface area contributed by atoms with Gasteiger partial charge in [-0.1, -0.05) is 50.3 Å². The van der Waals surface area contributed by atoms with Gasteiger partial charge in [-0.25, -0.2) is 5.01 Å². The summed E-state index contributed by atoms with van der Waals surface area (Å²) in [5.41, 5.74) is 2.96. The molecule has 1 aliphatic rings. The lowest BCUT2D eigenvalue weighted by Crippen LogP contribution is -2.57. The molecule has 24 heavy (non-hydrogen) atoms. The summed E-state index contributed by atoms with van der Waals surface area (Å²) in [6.45, 7) is 5.87. The normalized spacial score (nSPS) is 16.8. The maximum atomic E-state index is 13.1. The third-order valence-electron chi connectivity index (χ3n) is 4.59. The summed E-state index contributed by atoms with van der Waals surface area (Å²) >= 11 is 0. The van der Waals surface area contributed by atoms with Crippen molar-refractivity contribution in [3.63, 3.8) is 0 Å². The second-order valence-electron chi connectivity index (χ2n) is 7.69. The minimum atomic E-state index is -0.454. The summed E-state index contributed by atoms with van der Waals surface area (Å²) in [5.74, 6) is -0.168. The van der Waals surface area contributed by atoms with E-state index in [1.54, 1.807) is 17.1 Å². The first-order chi connectivity index (χ1) is 11.4. The molecule has 1 N–H and O–H groups in total. The maximum Gasteiger partial charge on any atom is 0.269 e. The summed E-state index contributed by atoms with van der Waals surface area (Å²) in [7, 11) is 0. The number of carbonyl (C=O) groups excluding carboxylic acids is 2. The zero-order valence-electron chi connectivity index (χ0n) is 15.2. The first kappa shape index (κ1) is 18.5. The highest BCUT2D eigenvalue weighted by Crippen LogP contribution is 2.26. The molecular formula is C20H30N2O2. The highest BCUT2D eigenvalue weighted by molar-refractivity contribution is 5.95. The highest BCUT2D eigenvalue weighted by Gasteiger charge is 2.33. The fourth-order valence-corrected chi connectivity index (χ4v) is 3.19. The van der Waals surface area contributed by atoms with E-state index in [1.165, 1.54) is 19.3 Å². The second kappa shape index (κ2) is 8.32. The van der Waals surface area contributed by atoms with Gasteiger partial charge < -0.3 is 0 Å². The van der Waals surface area contributed by atoms with Gasteiger partial charge >= 0.3 is 0 Å². The lowest BCUT2D eigenvalue weighted by atomic mass is 9.89. The molecule has 2 amide bonds. The number of carbonyl (C=O) groups is 2. The zero-order valence-corrected chi connectivity index (χ0v) is 15.2. The molecule has 4 nitrogen and oxygen atoms in total. The molecule has 0 atom stereocenters. The summed E-state index contributed by atoms with van der Waals surface area (Å²) in [6, 6.07) is 9.05. The molecule has 0 radical (unpaired) electrons. The van der Waals surface area contributed by atoms with Gasteiger partial charge in [0.15, 0.2) is 0 Å². The van der Waals surface area contributed by atoms with E-state index in [2.05, 4.69) is 5.43 Å². The Morgan fingerprint density at radius 3 is 2.04 bits per heavy atom. The summed E-state index contributed by atoms with van der Waals surface area (Å²) in [4.78, 5) is 25.6. The van der Waals surface area contributed by atoms with Crippen LogP contribution < -0.4 is 5.43 Å². The molecule has 0 bridgehead atoms. The fourth-order valence-electron chi connectivity index (χ4n) is 3.19. The average Bonchev–Trinajstić information content (AvgIpc) is 2.51. The molecule has 0 heterocycles. The molecule has 0 unspecified atom stereocenters. The third kappa shape index (κ3) is 5.08. The topological polar surface area (TPSA) is 49.4 Å². The van der Waals surface area contributed by atoms with E-state index in [1.807, 2.05) is 39.0 Å². The summed E-state index contributed by atoms with van der Waals surface area (Å²) in [6.07, 6.45) is 7.72. The van der Waals surface area contributed by atoms with Crippen molar-refractivity contribution in [3.05, 3.63) is 35.9 Å². The standard InChI is InChI=1S/C20H30N2O2/c1-20(2,3)22(21-18(23)16-12-10-7-11-13-16)19(24)17-14-8-5-4-6-9-15-17/h7,10-13,17H,4-6,8-9,14-15H2,1-3H3,(H,21,23). The van der Waals surface area contributed by atoms with Gasteiger partial charge in [-0.15, -0.1) is 0 Å². The van der Waals surface area contributed by atoms with Gasteiger partial charge in [0.2, 0.25) is 5.91 Å². The minimum absolute atomic E-state index is 0.0144. The summed E-state index contributed by atoms with van der Waals surface area (Å²) in [5, 5.41) is 1.55. The third-order valence-corrected chi connectivity index (χ3v) is 4.59. The van der Waals surface area contributed by atoms with Gasteiger partial charge in [0.1, 0.15) is 0 Å². The Bertz CT molecular complexity index is 541. The van der Waals surface area contributed by atoms with Crippen molar-refractivity contribution in [1.29, 1.82) is 0 Å². The van der Waals surface area contributed by atoms with Gasteiger partial charge in [-0.3, -0.25) is 15.0 Å². The van der Waals surface area contributed by atoms with E-state index in [0.29, 0.717) is 5.56 Å². The molecular weight excluding hydrogens is 300 g/mol. The van der Waals surface area contributed by atoms with Crippen LogP contribution in [0, 0.1) is 5.92 Å². The molecule has 2 rings (SSSR count). The van der Waals surface area contributed by atoms with E-state index in [9.17, 15) is 9.59 Å². The van der Waals surface area contributed by atoms with E-state index in [4.69, 9.17) is 0 Å². The maximum absolute atomic E-state index is 13.1. The van der Waals surface area contributed by atoms with Crippen LogP contribution >= 0.6 is 0 Å². The van der Waals surface area contributed by atoms with Crippen LogP contribution in [0.2, 0.25) is 0 Å². The van der Waals surface area contributed by atoms with Crippen LogP contribution in [0.1, 0.15) is 76.1 Å². The van der Waals surface area contributed by atoms with Crippen LogP contribution in [0.4, 0.5) is 0 Å². The van der Waals surface area contributed by atoms with Crippen LogP contribution in [-0.4, -0.2) is 22.4 Å². The average molecular weight is 330 g/mol. The molecule has 0 aliphatic heterocycles. The van der Waals surface area contributed by atoms with Gasteiger partial charge in [0, 0.05) is 11.5 Å². The second-order valence-corrected chi connectivity index (χ2v) is 7.69. The monoisotopic (exact) mass is 330 g/mol. The van der Waals surface area contributed by atoms with Crippen LogP contribution in [0.25, 0.3) is 0 Å². The molecule has 1 aliphatic carbocycles. The van der Waals surface area contributed by atoms with Crippen molar-refractivity contribution >= 4 is 11.8 Å². The molecule has 1 aromatic rings. The predicted molar refractivity (Wildman–Crippen MR) is 96.3 cm³/mol. The number of benzene rings is 1. The molecule has 1 fully saturated rings. The van der Waals surface area contributed by atoms with E-state index in [-0.39, 0.29) is 17.7 Å². The largest absolute Gasteiger partial charge is 0.273 e. The van der Waals surface area contributed by atoms with Crippen LogP contribution in [0.3, 0.4) is 0 Å². The van der Waals surface area contributed by atoms with E-state index >= 15 is 0 Å². The lowest BCUT2D eigenvalue weighted by molar-refractivity contribution is -0.144. The predicted octanol–water partition coefficient (Wildman–Crippen LogP) is 4.32. The van der Waals surface area contributed by atoms with Crippen LogP contribution in [0.5, 0.6) is 0 Å². The smallest absolute Gasteiger partial charge is 0.269 e. The number of nitrogens with one attached hydrogen (secondary N) is 1. The molecule has 1 saturated carbocycles. The fraction of sp³-hybridized carbons (Fsp3) is 0.600. The Hall–Kier alpha value is -1.84. The minimum Gasteiger partial charge on any atom is -0.273 e. The molecule has 0 spiro atoms. The first-order valence-corrected chi connectivity index (χ1v) is 9.09. The van der Waals surface area contributed by atoms with Crippen molar-refractivity contribution in [3.8, 4) is 0 Å². The Balaban J connectivity index is 2.12. The highest BCUT2D eigenvalue weighted by atomic mass is 16.2. The lowest BCUT2D eigenvalue weighted by Gasteiger charge is -2.38. The molecule has 4 heteroatoms. The SMILES string of the molecule is CC(C)(C)N(NC(=O)c1ccccc1)C(=O)C1CCCCCCC1. The van der Waals surface area contributed by atoms with Crippen molar-refractivity contribution < 1.29 is 9.59 Å². The van der Waals surface area contributed by atoms with Gasteiger partial charge in [-0.2, -0.15) is 0 Å². The van der Waals surface area contributed by atoms with Crippen LogP contribution in [0.15, 0.2) is 30.3 Å². The van der Waals surface area contributed by atoms with Crippen molar-refractivity contribution in [1.82, 2.24) is 10.4 Å². The summed E-state index contributed by atoms with van der Waals surface area (Å²) < 4.78 is 0. The Kier molecular flexibility index (Phi) is 6.41. The van der Waals surface area contributed by atoms with E-state index in [0.717, 1.165) is 25.7 Å². The Labute approximate surface area is 145 Å². The Morgan fingerprint density at radius 1 is 0.958 bits per heavy atom. The van der Waals surface area contributed by atoms with Gasteiger partial charge in [0.05, 0.1) is 5.54 Å². The quantitative estimate of drug-likeness (QED) is 0.821. The molecule has 1 aromatic carbocycles. The number of hydrazine groups is 1. The number of amides is 2. The van der Waals surface area contributed by atoms with Gasteiger partial charge in [0.25, 0.3) is 5.91 Å². The molecule has 0 aromatic heterocycles. The molecule has 0 saturated heterocycles.